The number of fused-ring (bicyclic) bond motifs is 3. The maximum absolute atomic E-state index is 13.3. The van der Waals surface area contributed by atoms with E-state index in [1.807, 2.05) is 0 Å². The van der Waals surface area contributed by atoms with Gasteiger partial charge in [0.25, 0.3) is 11.5 Å². The van der Waals surface area contributed by atoms with Gasteiger partial charge in [0.2, 0.25) is 0 Å². The number of halogens is 1. The van der Waals surface area contributed by atoms with E-state index in [2.05, 4.69) is 25.6 Å². The molecule has 3 heterocycles. The predicted octanol–water partition coefficient (Wildman–Crippen LogP) is 1.03. The lowest BCUT2D eigenvalue weighted by Gasteiger charge is -2.04. The van der Waals surface area contributed by atoms with Gasteiger partial charge >= 0.3 is 0 Å². The summed E-state index contributed by atoms with van der Waals surface area (Å²) in [6.07, 6.45) is 3.23. The summed E-state index contributed by atoms with van der Waals surface area (Å²) in [6, 6.07) is 7.41. The molecule has 0 aliphatic rings. The minimum Gasteiger partial charge on any atom is -0.346 e. The first-order chi connectivity index (χ1) is 12.1. The topological polar surface area (TPSA) is 105 Å². The predicted molar refractivity (Wildman–Crippen MR) is 86.5 cm³/mol. The fourth-order valence-corrected chi connectivity index (χ4v) is 2.55. The number of carbonyl (C=O) groups is 1. The number of hydrogen-bond donors (Lipinski definition) is 2. The first-order valence-corrected chi connectivity index (χ1v) is 7.37. The second-order valence-corrected chi connectivity index (χ2v) is 5.35. The van der Waals surface area contributed by atoms with Gasteiger partial charge in [-0.3, -0.25) is 14.6 Å². The lowest BCUT2D eigenvalue weighted by molar-refractivity contribution is 0.0947. The highest BCUT2D eigenvalue weighted by molar-refractivity contribution is 5.99. The van der Waals surface area contributed by atoms with Gasteiger partial charge in [-0.2, -0.15) is 0 Å². The molecule has 3 aromatic heterocycles. The van der Waals surface area contributed by atoms with Crippen molar-refractivity contribution in [3.8, 4) is 0 Å². The Labute approximate surface area is 139 Å². The molecule has 0 aliphatic carbocycles. The van der Waals surface area contributed by atoms with Crippen molar-refractivity contribution in [2.45, 2.75) is 6.54 Å². The van der Waals surface area contributed by atoms with Crippen LogP contribution in [0.5, 0.6) is 0 Å². The highest BCUT2D eigenvalue weighted by Gasteiger charge is 2.19. The normalized spacial score (nSPS) is 11.1. The summed E-state index contributed by atoms with van der Waals surface area (Å²) < 4.78 is 14.6. The van der Waals surface area contributed by atoms with Crippen molar-refractivity contribution in [2.75, 3.05) is 0 Å². The van der Waals surface area contributed by atoms with Gasteiger partial charge in [-0.25, -0.2) is 8.91 Å². The molecular formula is C16H11FN6O2. The molecule has 9 heteroatoms. The Hall–Kier alpha value is -3.62. The summed E-state index contributed by atoms with van der Waals surface area (Å²) in [4.78, 5) is 31.1. The van der Waals surface area contributed by atoms with Crippen molar-refractivity contribution in [1.29, 1.82) is 0 Å². The van der Waals surface area contributed by atoms with Gasteiger partial charge in [0.15, 0.2) is 11.2 Å². The van der Waals surface area contributed by atoms with Gasteiger partial charge in [0, 0.05) is 18.9 Å². The molecule has 1 amide bonds. The van der Waals surface area contributed by atoms with E-state index in [1.54, 1.807) is 24.5 Å². The van der Waals surface area contributed by atoms with Crippen LogP contribution in [-0.2, 0) is 6.54 Å². The zero-order chi connectivity index (χ0) is 17.4. The number of carbonyl (C=O) groups excluding carboxylic acids is 1. The molecule has 4 rings (SSSR count). The van der Waals surface area contributed by atoms with Crippen molar-refractivity contribution in [2.24, 2.45) is 0 Å². The fraction of sp³-hybridized carbons (Fsp3) is 0.0625. The third-order valence-electron chi connectivity index (χ3n) is 3.74. The van der Waals surface area contributed by atoms with Crippen LogP contribution in [0.4, 0.5) is 4.39 Å². The van der Waals surface area contributed by atoms with E-state index in [4.69, 9.17) is 0 Å². The van der Waals surface area contributed by atoms with Crippen molar-refractivity contribution in [3.05, 3.63) is 70.2 Å². The summed E-state index contributed by atoms with van der Waals surface area (Å²) in [5.74, 6) is -1.02. The minimum absolute atomic E-state index is 0.00587. The molecular weight excluding hydrogens is 327 g/mol. The van der Waals surface area contributed by atoms with Crippen molar-refractivity contribution < 1.29 is 9.18 Å². The van der Waals surface area contributed by atoms with Crippen LogP contribution in [0.25, 0.3) is 16.6 Å². The SMILES string of the molecule is O=C(NCc1ccncc1)c1nnn2c1c(=O)[nH]c1cc(F)ccc12. The summed E-state index contributed by atoms with van der Waals surface area (Å²) in [5.41, 5.74) is 0.905. The number of nitrogens with zero attached hydrogens (tertiary/aromatic N) is 4. The first-order valence-electron chi connectivity index (χ1n) is 7.37. The Morgan fingerprint density at radius 3 is 2.84 bits per heavy atom. The number of pyridine rings is 1. The maximum atomic E-state index is 13.3. The molecule has 0 saturated heterocycles. The van der Waals surface area contributed by atoms with E-state index in [0.29, 0.717) is 5.52 Å². The van der Waals surface area contributed by atoms with Gasteiger partial charge in [0.05, 0.1) is 11.0 Å². The Balaban J connectivity index is 1.74. The Morgan fingerprint density at radius 1 is 1.24 bits per heavy atom. The molecule has 0 spiro atoms. The van der Waals surface area contributed by atoms with Crippen molar-refractivity contribution in [3.63, 3.8) is 0 Å². The fourth-order valence-electron chi connectivity index (χ4n) is 2.55. The molecule has 25 heavy (non-hydrogen) atoms. The number of nitrogens with one attached hydrogen (secondary N) is 2. The largest absolute Gasteiger partial charge is 0.346 e. The van der Waals surface area contributed by atoms with Gasteiger partial charge in [-0.1, -0.05) is 5.21 Å². The van der Waals surface area contributed by atoms with Crippen LogP contribution in [0.1, 0.15) is 16.1 Å². The number of benzene rings is 1. The lowest BCUT2D eigenvalue weighted by Crippen LogP contribution is -2.25. The number of hydrogen-bond acceptors (Lipinski definition) is 5. The molecule has 0 saturated carbocycles. The zero-order valence-electron chi connectivity index (χ0n) is 12.7. The van der Waals surface area contributed by atoms with Gasteiger partial charge < -0.3 is 10.3 Å². The average Bonchev–Trinajstić information content (AvgIpc) is 3.06. The number of rotatable bonds is 3. The van der Waals surface area contributed by atoms with Crippen molar-refractivity contribution >= 4 is 22.5 Å². The molecule has 8 nitrogen and oxygen atoms in total. The quantitative estimate of drug-likeness (QED) is 0.580. The van der Waals surface area contributed by atoms with E-state index in [-0.39, 0.29) is 23.3 Å². The van der Waals surface area contributed by atoms with Crippen LogP contribution in [-0.4, -0.2) is 30.7 Å². The summed E-state index contributed by atoms with van der Waals surface area (Å²) in [6.45, 7) is 0.261. The lowest BCUT2D eigenvalue weighted by atomic mass is 10.2. The van der Waals surface area contributed by atoms with E-state index in [9.17, 15) is 14.0 Å². The van der Waals surface area contributed by atoms with E-state index in [0.717, 1.165) is 5.56 Å². The van der Waals surface area contributed by atoms with E-state index >= 15 is 0 Å². The molecule has 0 bridgehead atoms. The third kappa shape index (κ3) is 2.61. The monoisotopic (exact) mass is 338 g/mol. The molecule has 0 atom stereocenters. The molecule has 0 unspecified atom stereocenters. The third-order valence-corrected chi connectivity index (χ3v) is 3.74. The number of aromatic nitrogens is 5. The van der Waals surface area contributed by atoms with Crippen LogP contribution in [0, 0.1) is 5.82 Å². The minimum atomic E-state index is -0.572. The van der Waals surface area contributed by atoms with Crippen LogP contribution in [0.15, 0.2) is 47.5 Å². The van der Waals surface area contributed by atoms with E-state index < -0.39 is 17.3 Å². The average molecular weight is 338 g/mol. The number of H-pyrrole nitrogens is 1. The van der Waals surface area contributed by atoms with E-state index in [1.165, 1.54) is 22.7 Å². The zero-order valence-corrected chi connectivity index (χ0v) is 12.7. The summed E-state index contributed by atoms with van der Waals surface area (Å²) in [5, 5.41) is 10.4. The highest BCUT2D eigenvalue weighted by Crippen LogP contribution is 2.14. The molecule has 4 aromatic rings. The Kier molecular flexibility index (Phi) is 3.46. The second-order valence-electron chi connectivity index (χ2n) is 5.35. The highest BCUT2D eigenvalue weighted by atomic mass is 19.1. The smallest absolute Gasteiger partial charge is 0.277 e. The maximum Gasteiger partial charge on any atom is 0.277 e. The van der Waals surface area contributed by atoms with Crippen LogP contribution < -0.4 is 10.9 Å². The van der Waals surface area contributed by atoms with Crippen LogP contribution in [0.2, 0.25) is 0 Å². The molecule has 1 aromatic carbocycles. The van der Waals surface area contributed by atoms with Gasteiger partial charge in [0.1, 0.15) is 5.82 Å². The van der Waals surface area contributed by atoms with Crippen LogP contribution >= 0.6 is 0 Å². The molecule has 0 aliphatic heterocycles. The Bertz CT molecular complexity index is 1150. The molecule has 2 N–H and O–H groups in total. The number of aromatic amines is 1. The van der Waals surface area contributed by atoms with Crippen LogP contribution in [0.3, 0.4) is 0 Å². The summed E-state index contributed by atoms with van der Waals surface area (Å²) >= 11 is 0. The standard InChI is InChI=1S/C16H11FN6O2/c17-10-1-2-12-11(7-10)20-16(25)14-13(21-22-23(12)14)15(24)19-8-9-3-5-18-6-4-9/h1-7H,8H2,(H,19,24)(H,20,25). The number of amides is 1. The summed E-state index contributed by atoms with van der Waals surface area (Å²) in [7, 11) is 0. The van der Waals surface area contributed by atoms with Gasteiger partial charge in [-0.15, -0.1) is 5.10 Å². The van der Waals surface area contributed by atoms with Gasteiger partial charge in [-0.05, 0) is 35.9 Å². The Morgan fingerprint density at radius 2 is 2.04 bits per heavy atom. The molecule has 124 valence electrons. The second kappa shape index (κ2) is 5.78. The van der Waals surface area contributed by atoms with Crippen molar-refractivity contribution in [1.82, 2.24) is 30.1 Å². The molecule has 0 fully saturated rings. The first kappa shape index (κ1) is 14.9. The molecule has 0 radical (unpaired) electrons.